The summed E-state index contributed by atoms with van der Waals surface area (Å²) in [7, 11) is -2.57. The number of nitrogens with one attached hydrogen (secondary N) is 2. The van der Waals surface area contributed by atoms with Crippen LogP contribution in [-0.2, 0) is 19.6 Å². The topological polar surface area (TPSA) is 111 Å². The molecule has 0 saturated heterocycles. The second-order valence-electron chi connectivity index (χ2n) is 5.90. The number of carbonyl (C=O) groups is 2. The predicted octanol–water partition coefficient (Wildman–Crippen LogP) is 2.94. The van der Waals surface area contributed by atoms with Crippen molar-refractivity contribution in [2.45, 2.75) is 25.7 Å². The summed E-state index contributed by atoms with van der Waals surface area (Å²) in [5.41, 5.74) is 1.35. The lowest BCUT2D eigenvalue weighted by atomic mass is 10.1. The van der Waals surface area contributed by atoms with Crippen molar-refractivity contribution in [1.82, 2.24) is 0 Å². The van der Waals surface area contributed by atoms with Crippen LogP contribution in [0.1, 0.15) is 29.8 Å². The van der Waals surface area contributed by atoms with Crippen LogP contribution in [0.25, 0.3) is 0 Å². The number of esters is 1. The summed E-state index contributed by atoms with van der Waals surface area (Å²) in [4.78, 5) is 23.2. The molecule has 0 aliphatic heterocycles. The van der Waals surface area contributed by atoms with Crippen LogP contribution in [0.3, 0.4) is 0 Å². The summed E-state index contributed by atoms with van der Waals surface area (Å²) in [5.74, 6) is -0.575. The minimum absolute atomic E-state index is 0.0713. The number of rotatable bonds is 7. The highest BCUT2D eigenvalue weighted by Crippen LogP contribution is 2.29. The Morgan fingerprint density at radius 3 is 2.39 bits per heavy atom. The van der Waals surface area contributed by atoms with E-state index in [0.717, 1.165) is 0 Å². The van der Waals surface area contributed by atoms with Crippen molar-refractivity contribution in [3.63, 3.8) is 0 Å². The van der Waals surface area contributed by atoms with Crippen molar-refractivity contribution < 1.29 is 27.5 Å². The fourth-order valence-corrected chi connectivity index (χ4v) is 3.57. The lowest BCUT2D eigenvalue weighted by molar-refractivity contribution is -0.114. The quantitative estimate of drug-likeness (QED) is 0.684. The second kappa shape index (κ2) is 8.75. The first-order chi connectivity index (χ1) is 13.2. The number of ether oxygens (including phenoxy) is 2. The van der Waals surface area contributed by atoms with Crippen molar-refractivity contribution in [3.8, 4) is 5.75 Å². The summed E-state index contributed by atoms with van der Waals surface area (Å²) in [6, 6.07) is 8.71. The van der Waals surface area contributed by atoms with Crippen molar-refractivity contribution in [2.75, 3.05) is 23.8 Å². The van der Waals surface area contributed by atoms with E-state index in [9.17, 15) is 18.0 Å². The molecule has 8 nitrogen and oxygen atoms in total. The molecule has 0 heterocycles. The summed E-state index contributed by atoms with van der Waals surface area (Å²) in [6.07, 6.45) is 0. The number of amides is 1. The Morgan fingerprint density at radius 1 is 1.07 bits per heavy atom. The molecule has 0 unspecified atom stereocenters. The van der Waals surface area contributed by atoms with Gasteiger partial charge in [0.15, 0.2) is 0 Å². The lowest BCUT2D eigenvalue weighted by Crippen LogP contribution is -2.16. The third kappa shape index (κ3) is 5.01. The second-order valence-corrected chi connectivity index (χ2v) is 7.58. The average Bonchev–Trinajstić information content (AvgIpc) is 2.63. The highest BCUT2D eigenvalue weighted by atomic mass is 32.2. The third-order valence-electron chi connectivity index (χ3n) is 3.78. The van der Waals surface area contributed by atoms with Crippen LogP contribution in [0.15, 0.2) is 41.3 Å². The SMILES string of the molecule is CCOC(=O)c1ccc(C)c(NS(=O)(=O)c2ccc(OC)c(NC(C)=O)c2)c1. The van der Waals surface area contributed by atoms with Crippen LogP contribution < -0.4 is 14.8 Å². The molecule has 2 N–H and O–H groups in total. The van der Waals surface area contributed by atoms with Gasteiger partial charge in [0.1, 0.15) is 5.75 Å². The molecule has 0 aliphatic carbocycles. The first kappa shape index (κ1) is 21.2. The van der Waals surface area contributed by atoms with Gasteiger partial charge in [0.2, 0.25) is 5.91 Å². The Balaban J connectivity index is 2.39. The molecule has 0 atom stereocenters. The van der Waals surface area contributed by atoms with E-state index in [-0.39, 0.29) is 34.3 Å². The molecule has 2 rings (SSSR count). The van der Waals surface area contributed by atoms with Gasteiger partial charge in [0, 0.05) is 6.92 Å². The van der Waals surface area contributed by atoms with E-state index in [1.807, 2.05) is 0 Å². The zero-order valence-electron chi connectivity index (χ0n) is 16.0. The molecule has 9 heteroatoms. The number of hydrogen-bond acceptors (Lipinski definition) is 6. The minimum atomic E-state index is -3.98. The van der Waals surface area contributed by atoms with Crippen molar-refractivity contribution in [3.05, 3.63) is 47.5 Å². The monoisotopic (exact) mass is 406 g/mol. The highest BCUT2D eigenvalue weighted by Gasteiger charge is 2.19. The first-order valence-corrected chi connectivity index (χ1v) is 9.92. The number of hydrogen-bond donors (Lipinski definition) is 2. The minimum Gasteiger partial charge on any atom is -0.495 e. The molecule has 0 aliphatic rings. The number of benzene rings is 2. The fraction of sp³-hybridized carbons (Fsp3) is 0.263. The molecule has 0 spiro atoms. The van der Waals surface area contributed by atoms with Crippen molar-refractivity contribution in [2.24, 2.45) is 0 Å². The molecule has 2 aromatic rings. The molecule has 0 aromatic heterocycles. The molecule has 2 aromatic carbocycles. The lowest BCUT2D eigenvalue weighted by Gasteiger charge is -2.14. The maximum absolute atomic E-state index is 12.8. The number of carbonyl (C=O) groups excluding carboxylic acids is 2. The van der Waals surface area contributed by atoms with Gasteiger partial charge in [-0.25, -0.2) is 13.2 Å². The third-order valence-corrected chi connectivity index (χ3v) is 5.15. The number of sulfonamides is 1. The highest BCUT2D eigenvalue weighted by molar-refractivity contribution is 7.92. The zero-order valence-corrected chi connectivity index (χ0v) is 16.8. The summed E-state index contributed by atoms with van der Waals surface area (Å²) in [6.45, 7) is 4.92. The molecule has 0 fully saturated rings. The van der Waals surface area contributed by atoms with Gasteiger partial charge in [-0.15, -0.1) is 0 Å². The largest absolute Gasteiger partial charge is 0.495 e. The summed E-state index contributed by atoms with van der Waals surface area (Å²) in [5, 5.41) is 2.53. The number of anilines is 2. The maximum Gasteiger partial charge on any atom is 0.338 e. The van der Waals surface area contributed by atoms with E-state index in [2.05, 4.69) is 10.0 Å². The van der Waals surface area contributed by atoms with Crippen LogP contribution in [0.4, 0.5) is 11.4 Å². The smallest absolute Gasteiger partial charge is 0.338 e. The Hall–Kier alpha value is -3.07. The van der Waals surface area contributed by atoms with Crippen LogP contribution in [0.2, 0.25) is 0 Å². The fourth-order valence-electron chi connectivity index (χ4n) is 2.42. The molecular weight excluding hydrogens is 384 g/mol. The van der Waals surface area contributed by atoms with E-state index in [1.54, 1.807) is 26.0 Å². The molecular formula is C19H22N2O6S. The Labute approximate surface area is 163 Å². The maximum atomic E-state index is 12.8. The van der Waals surface area contributed by atoms with Gasteiger partial charge in [-0.3, -0.25) is 9.52 Å². The van der Waals surface area contributed by atoms with E-state index < -0.39 is 16.0 Å². The Kier molecular flexibility index (Phi) is 6.63. The van der Waals surface area contributed by atoms with Crippen molar-refractivity contribution in [1.29, 1.82) is 0 Å². The Morgan fingerprint density at radius 2 is 1.79 bits per heavy atom. The standard InChI is InChI=1S/C19H22N2O6S/c1-5-27-19(23)14-7-6-12(2)16(10-14)21-28(24,25)15-8-9-18(26-4)17(11-15)20-13(3)22/h6-11,21H,5H2,1-4H3,(H,20,22). The van der Waals surface area contributed by atoms with Gasteiger partial charge in [0.05, 0.1) is 35.6 Å². The van der Waals surface area contributed by atoms with Crippen LogP contribution >= 0.6 is 0 Å². The summed E-state index contributed by atoms with van der Waals surface area (Å²) >= 11 is 0. The van der Waals surface area contributed by atoms with E-state index >= 15 is 0 Å². The normalized spacial score (nSPS) is 10.9. The van der Waals surface area contributed by atoms with E-state index in [0.29, 0.717) is 11.3 Å². The molecule has 28 heavy (non-hydrogen) atoms. The molecule has 150 valence electrons. The van der Waals surface area contributed by atoms with Gasteiger partial charge in [-0.1, -0.05) is 6.07 Å². The van der Waals surface area contributed by atoms with Gasteiger partial charge in [0.25, 0.3) is 10.0 Å². The van der Waals surface area contributed by atoms with Gasteiger partial charge >= 0.3 is 5.97 Å². The van der Waals surface area contributed by atoms with Gasteiger partial charge in [-0.05, 0) is 49.7 Å². The molecule has 0 saturated carbocycles. The first-order valence-electron chi connectivity index (χ1n) is 8.44. The molecule has 1 amide bonds. The van der Waals surface area contributed by atoms with E-state index in [4.69, 9.17) is 9.47 Å². The zero-order chi connectivity index (χ0) is 20.9. The predicted molar refractivity (Wildman–Crippen MR) is 105 cm³/mol. The van der Waals surface area contributed by atoms with Crippen LogP contribution in [0, 0.1) is 6.92 Å². The van der Waals surface area contributed by atoms with Gasteiger partial charge < -0.3 is 14.8 Å². The van der Waals surface area contributed by atoms with Gasteiger partial charge in [-0.2, -0.15) is 0 Å². The van der Waals surface area contributed by atoms with Crippen LogP contribution in [0.5, 0.6) is 5.75 Å². The summed E-state index contributed by atoms with van der Waals surface area (Å²) < 4.78 is 38.2. The number of methoxy groups -OCH3 is 1. The Bertz CT molecular complexity index is 1000. The van der Waals surface area contributed by atoms with E-state index in [1.165, 1.54) is 38.3 Å². The van der Waals surface area contributed by atoms with Crippen LogP contribution in [-0.4, -0.2) is 34.0 Å². The molecule has 0 bridgehead atoms. The molecule has 0 radical (unpaired) electrons. The number of aryl methyl sites for hydroxylation is 1. The van der Waals surface area contributed by atoms with Crippen molar-refractivity contribution >= 4 is 33.3 Å². The average molecular weight is 406 g/mol.